The minimum Gasteiger partial charge on any atom is -0.481 e. The molecule has 8 nitrogen and oxygen atoms in total. The molecule has 1 amide bonds. The highest BCUT2D eigenvalue weighted by Crippen LogP contribution is 2.29. The molecular weight excluding hydrogens is 498 g/mol. The predicted molar refractivity (Wildman–Crippen MR) is 125 cm³/mol. The van der Waals surface area contributed by atoms with Gasteiger partial charge in [0.2, 0.25) is 0 Å². The maximum absolute atomic E-state index is 14.7. The van der Waals surface area contributed by atoms with Gasteiger partial charge in [0.05, 0.1) is 26.9 Å². The number of hydrogen-bond acceptors (Lipinski definition) is 5. The molecule has 0 saturated carbocycles. The fourth-order valence-electron chi connectivity index (χ4n) is 3.92. The first-order chi connectivity index (χ1) is 16.5. The molecule has 1 N–H and O–H groups in total. The summed E-state index contributed by atoms with van der Waals surface area (Å²) in [5, 5.41) is 9.55. The predicted octanol–water partition coefficient (Wildman–Crippen LogP) is 2.67. The average molecular weight is 524 g/mol. The zero-order chi connectivity index (χ0) is 25.8. The van der Waals surface area contributed by atoms with E-state index in [0.29, 0.717) is 35.4 Å². The molecule has 3 radical (unpaired) electrons. The number of carbonyl (C=O) groups excluding carboxylic acids is 1. The molecule has 0 spiro atoms. The number of halogens is 2. The third kappa shape index (κ3) is 6.57. The Morgan fingerprint density at radius 1 is 1.17 bits per heavy atom. The van der Waals surface area contributed by atoms with Gasteiger partial charge in [-0.05, 0) is 49.9 Å². The van der Waals surface area contributed by atoms with E-state index in [4.69, 9.17) is 9.84 Å². The zero-order valence-corrected chi connectivity index (χ0v) is 20.8. The number of rotatable bonds is 8. The maximum Gasteiger partial charge on any atom is 0.409 e. The van der Waals surface area contributed by atoms with Crippen molar-refractivity contribution in [3.8, 4) is 0 Å². The number of sulfonamides is 1. The van der Waals surface area contributed by atoms with Crippen LogP contribution in [-0.4, -0.2) is 66.5 Å². The molecule has 0 aliphatic carbocycles. The minimum absolute atomic E-state index is 0.0297. The Bertz CT molecular complexity index is 1170. The van der Waals surface area contributed by atoms with Crippen LogP contribution in [0.3, 0.4) is 0 Å². The number of carboxylic acid groups (broad SMARTS) is 1. The normalized spacial score (nSPS) is 15.5. The molecule has 1 heterocycles. The fourth-order valence-corrected chi connectivity index (χ4v) is 5.72. The lowest BCUT2D eigenvalue weighted by Crippen LogP contribution is -2.44. The van der Waals surface area contributed by atoms with Gasteiger partial charge < -0.3 is 14.7 Å². The second kappa shape index (κ2) is 11.2. The van der Waals surface area contributed by atoms with E-state index in [2.05, 4.69) is 10.2 Å². The summed E-state index contributed by atoms with van der Waals surface area (Å²) >= 11 is 0. The second-order valence-corrected chi connectivity index (χ2v) is 10.8. The Labute approximate surface area is 206 Å². The summed E-state index contributed by atoms with van der Waals surface area (Å²) in [7, 11) is -1.07. The van der Waals surface area contributed by atoms with Crippen LogP contribution < -0.4 is 9.49 Å². The first kappa shape index (κ1) is 26.6. The highest BCUT2D eigenvalue weighted by atomic mass is 32.2. The number of piperidine rings is 1. The van der Waals surface area contributed by atoms with E-state index in [9.17, 15) is 26.8 Å². The van der Waals surface area contributed by atoms with Crippen LogP contribution in [0.25, 0.3) is 0 Å². The number of amides is 1. The molecule has 0 bridgehead atoms. The molecule has 1 aliphatic rings. The SMILES string of the molecule is C[C@@H](COC(=O)N1CCC(CC(=O)O)CC1)N(c1cc(F)ccc1F)S(=O)(=O)c1ccc([Si])cc1. The lowest BCUT2D eigenvalue weighted by molar-refractivity contribution is -0.138. The summed E-state index contributed by atoms with van der Waals surface area (Å²) in [6.45, 7) is 1.63. The largest absolute Gasteiger partial charge is 0.481 e. The molecule has 12 heteroatoms. The van der Waals surface area contributed by atoms with Gasteiger partial charge in [0, 0.05) is 25.6 Å². The lowest BCUT2D eigenvalue weighted by atomic mass is 9.94. The molecule has 1 saturated heterocycles. The molecule has 187 valence electrons. The van der Waals surface area contributed by atoms with Crippen molar-refractivity contribution in [3.05, 3.63) is 54.1 Å². The van der Waals surface area contributed by atoms with Crippen LogP contribution in [0, 0.1) is 17.6 Å². The van der Waals surface area contributed by atoms with Crippen molar-refractivity contribution in [2.24, 2.45) is 5.92 Å². The number of aliphatic carboxylic acids is 1. The van der Waals surface area contributed by atoms with Crippen molar-refractivity contribution in [1.82, 2.24) is 4.90 Å². The number of ether oxygens (including phenoxy) is 1. The van der Waals surface area contributed by atoms with E-state index in [1.807, 2.05) is 0 Å². The summed E-state index contributed by atoms with van der Waals surface area (Å²) in [5.41, 5.74) is -0.509. The molecule has 1 aliphatic heterocycles. The number of anilines is 1. The molecule has 2 aromatic carbocycles. The third-order valence-corrected chi connectivity index (χ3v) is 8.02. The fraction of sp³-hybridized carbons (Fsp3) is 0.391. The standard InChI is InChI=1S/C23H25F2N2O6SSi/c1-15(14-33-23(30)26-10-8-16(9-11-26)12-22(28)29)27(21-13-17(24)2-7-20(21)25)34(31,32)18-3-5-19(35)6-4-18/h2-7,13,15-16H,8-12,14H2,1H3,(H,28,29)/t15-/m0/s1. The van der Waals surface area contributed by atoms with Crippen LogP contribution in [0.4, 0.5) is 19.3 Å². The highest BCUT2D eigenvalue weighted by Gasteiger charge is 2.33. The summed E-state index contributed by atoms with van der Waals surface area (Å²) in [6, 6.07) is 7.05. The van der Waals surface area contributed by atoms with Gasteiger partial charge in [0.25, 0.3) is 10.0 Å². The van der Waals surface area contributed by atoms with Crippen molar-refractivity contribution in [3.63, 3.8) is 0 Å². The maximum atomic E-state index is 14.7. The number of carboxylic acids is 1. The van der Waals surface area contributed by atoms with Gasteiger partial charge in [-0.3, -0.25) is 9.10 Å². The summed E-state index contributed by atoms with van der Waals surface area (Å²) in [4.78, 5) is 24.7. The van der Waals surface area contributed by atoms with Gasteiger partial charge in [0.15, 0.2) is 0 Å². The van der Waals surface area contributed by atoms with Crippen molar-refractivity contribution in [2.45, 2.75) is 37.1 Å². The highest BCUT2D eigenvalue weighted by molar-refractivity contribution is 7.92. The van der Waals surface area contributed by atoms with E-state index in [1.54, 1.807) is 0 Å². The minimum atomic E-state index is -4.36. The summed E-state index contributed by atoms with van der Waals surface area (Å²) in [5.74, 6) is -2.70. The first-order valence-electron chi connectivity index (χ1n) is 10.9. The van der Waals surface area contributed by atoms with Crippen molar-refractivity contribution < 1.29 is 36.6 Å². The van der Waals surface area contributed by atoms with Gasteiger partial charge in [-0.1, -0.05) is 17.3 Å². The van der Waals surface area contributed by atoms with Crippen molar-refractivity contribution in [1.29, 1.82) is 0 Å². The number of hydrogen-bond donors (Lipinski definition) is 1. The molecule has 0 aromatic heterocycles. The number of nitrogens with zero attached hydrogens (tertiary/aromatic N) is 2. The van der Waals surface area contributed by atoms with Crippen LogP contribution in [0.1, 0.15) is 26.2 Å². The van der Waals surface area contributed by atoms with Crippen LogP contribution in [0.15, 0.2) is 47.4 Å². The Morgan fingerprint density at radius 3 is 2.40 bits per heavy atom. The Morgan fingerprint density at radius 2 is 1.80 bits per heavy atom. The topological polar surface area (TPSA) is 104 Å². The Kier molecular flexibility index (Phi) is 8.49. The smallest absolute Gasteiger partial charge is 0.409 e. The average Bonchev–Trinajstić information content (AvgIpc) is 2.80. The summed E-state index contributed by atoms with van der Waals surface area (Å²) < 4.78 is 61.5. The van der Waals surface area contributed by atoms with Crippen LogP contribution >= 0.6 is 0 Å². The van der Waals surface area contributed by atoms with Gasteiger partial charge in [-0.15, -0.1) is 0 Å². The van der Waals surface area contributed by atoms with Gasteiger partial charge in [-0.2, -0.15) is 0 Å². The monoisotopic (exact) mass is 523 g/mol. The molecule has 0 unspecified atom stereocenters. The second-order valence-electron chi connectivity index (χ2n) is 8.38. The molecule has 3 rings (SSSR count). The molecular formula is C23H25F2N2O6SSi. The van der Waals surface area contributed by atoms with Crippen LogP contribution in [-0.2, 0) is 19.6 Å². The third-order valence-electron chi connectivity index (χ3n) is 5.74. The quantitative estimate of drug-likeness (QED) is 0.534. The van der Waals surface area contributed by atoms with Crippen molar-refractivity contribution in [2.75, 3.05) is 24.0 Å². The molecule has 2 aromatic rings. The van der Waals surface area contributed by atoms with E-state index in [1.165, 1.54) is 36.1 Å². The summed E-state index contributed by atoms with van der Waals surface area (Å²) in [6.07, 6.45) is 0.359. The van der Waals surface area contributed by atoms with Crippen LogP contribution in [0.2, 0.25) is 0 Å². The van der Waals surface area contributed by atoms with Crippen molar-refractivity contribution >= 4 is 43.2 Å². The molecule has 1 atom stereocenters. The molecule has 1 fully saturated rings. The van der Waals surface area contributed by atoms with Crippen LogP contribution in [0.5, 0.6) is 0 Å². The van der Waals surface area contributed by atoms with Gasteiger partial charge in [0.1, 0.15) is 18.2 Å². The van der Waals surface area contributed by atoms with Gasteiger partial charge >= 0.3 is 12.1 Å². The zero-order valence-electron chi connectivity index (χ0n) is 19.0. The van der Waals surface area contributed by atoms with Gasteiger partial charge in [-0.25, -0.2) is 22.0 Å². The Balaban J connectivity index is 1.78. The van der Waals surface area contributed by atoms with E-state index < -0.39 is 52.1 Å². The van der Waals surface area contributed by atoms with E-state index >= 15 is 0 Å². The number of likely N-dealkylation sites (tertiary alicyclic amines) is 1. The molecule has 35 heavy (non-hydrogen) atoms. The Hall–Kier alpha value is -2.99. The van der Waals surface area contributed by atoms with E-state index in [-0.39, 0.29) is 17.2 Å². The van der Waals surface area contributed by atoms with E-state index in [0.717, 1.165) is 18.2 Å². The first-order valence-corrected chi connectivity index (χ1v) is 12.9. The number of benzene rings is 2. The number of carbonyl (C=O) groups is 2. The lowest BCUT2D eigenvalue weighted by Gasteiger charge is -2.33.